The van der Waals surface area contributed by atoms with E-state index in [0.29, 0.717) is 0 Å². The largest absolute Gasteiger partial charge is 0.468 e. The number of nitrogens with zero attached hydrogens (tertiary/aromatic N) is 2. The number of hydrogen-bond acceptors (Lipinski definition) is 4. The predicted molar refractivity (Wildman–Crippen MR) is 66.4 cm³/mol. The lowest BCUT2D eigenvalue weighted by Crippen LogP contribution is -2.28. The smallest absolute Gasteiger partial charge is 0.122 e. The van der Waals surface area contributed by atoms with Gasteiger partial charge in [-0.25, -0.2) is 0 Å². The molecule has 0 aliphatic rings. The van der Waals surface area contributed by atoms with Gasteiger partial charge in [0.2, 0.25) is 0 Å². The van der Waals surface area contributed by atoms with Gasteiger partial charge in [0, 0.05) is 25.2 Å². The molecular weight excluding hydrogens is 202 g/mol. The van der Waals surface area contributed by atoms with Crippen LogP contribution in [0.1, 0.15) is 11.3 Å². The first-order valence-electron chi connectivity index (χ1n) is 5.66. The first-order valence-corrected chi connectivity index (χ1v) is 5.66. The van der Waals surface area contributed by atoms with E-state index in [1.165, 1.54) is 5.56 Å². The summed E-state index contributed by atoms with van der Waals surface area (Å²) in [5.74, 6) is 1.04. The monoisotopic (exact) mass is 225 g/mol. The molecule has 4 nitrogen and oxygen atoms in total. The summed E-state index contributed by atoms with van der Waals surface area (Å²) in [7, 11) is 8.26. The maximum Gasteiger partial charge on any atom is 0.122 e. The summed E-state index contributed by atoms with van der Waals surface area (Å²) in [5, 5.41) is 3.11. The molecular formula is C12H23N3O. The zero-order chi connectivity index (χ0) is 12.0. The van der Waals surface area contributed by atoms with Gasteiger partial charge in [-0.1, -0.05) is 0 Å². The molecule has 0 radical (unpaired) electrons. The lowest BCUT2D eigenvalue weighted by atomic mass is 10.2. The van der Waals surface area contributed by atoms with Crippen molar-refractivity contribution in [3.63, 3.8) is 0 Å². The lowest BCUT2D eigenvalue weighted by Gasteiger charge is -2.19. The first kappa shape index (κ1) is 13.2. The summed E-state index contributed by atoms with van der Waals surface area (Å²) in [4.78, 5) is 4.50. The SMILES string of the molecule is CNCc1occc1CN(C)CCN(C)C. The molecule has 1 N–H and O–H groups in total. The molecule has 0 amide bonds. The Morgan fingerprint density at radius 1 is 1.25 bits per heavy atom. The van der Waals surface area contributed by atoms with E-state index in [0.717, 1.165) is 31.9 Å². The highest BCUT2D eigenvalue weighted by molar-refractivity contribution is 5.16. The van der Waals surface area contributed by atoms with Crippen molar-refractivity contribution in [2.45, 2.75) is 13.1 Å². The average Bonchev–Trinajstić information content (AvgIpc) is 2.63. The average molecular weight is 225 g/mol. The maximum absolute atomic E-state index is 5.43. The highest BCUT2D eigenvalue weighted by atomic mass is 16.3. The van der Waals surface area contributed by atoms with Gasteiger partial charge in [0.25, 0.3) is 0 Å². The minimum Gasteiger partial charge on any atom is -0.468 e. The van der Waals surface area contributed by atoms with Crippen LogP contribution in [0.4, 0.5) is 0 Å². The molecule has 0 bridgehead atoms. The van der Waals surface area contributed by atoms with Gasteiger partial charge in [-0.2, -0.15) is 0 Å². The van der Waals surface area contributed by atoms with Crippen LogP contribution in [0, 0.1) is 0 Å². The molecule has 0 saturated heterocycles. The first-order chi connectivity index (χ1) is 7.63. The third kappa shape index (κ3) is 4.35. The van der Waals surface area contributed by atoms with Crippen molar-refractivity contribution in [2.75, 3.05) is 41.3 Å². The third-order valence-corrected chi connectivity index (χ3v) is 2.54. The van der Waals surface area contributed by atoms with Crippen molar-refractivity contribution >= 4 is 0 Å². The molecule has 1 aromatic rings. The molecule has 1 heterocycles. The minimum absolute atomic E-state index is 0.795. The Bertz CT molecular complexity index is 296. The topological polar surface area (TPSA) is 31.7 Å². The fourth-order valence-corrected chi connectivity index (χ4v) is 1.56. The van der Waals surface area contributed by atoms with Crippen LogP contribution in [0.2, 0.25) is 0 Å². The summed E-state index contributed by atoms with van der Waals surface area (Å²) in [6, 6.07) is 2.05. The van der Waals surface area contributed by atoms with Crippen molar-refractivity contribution in [1.29, 1.82) is 0 Å². The fourth-order valence-electron chi connectivity index (χ4n) is 1.56. The molecule has 0 aliphatic carbocycles. The zero-order valence-corrected chi connectivity index (χ0v) is 10.8. The number of likely N-dealkylation sites (N-methyl/N-ethyl adjacent to an activating group) is 2. The van der Waals surface area contributed by atoms with Crippen molar-refractivity contribution in [3.8, 4) is 0 Å². The van der Waals surface area contributed by atoms with Gasteiger partial charge < -0.3 is 19.5 Å². The number of nitrogens with one attached hydrogen (secondary N) is 1. The molecule has 0 saturated carbocycles. The minimum atomic E-state index is 0.795. The summed E-state index contributed by atoms with van der Waals surface area (Å²) in [6.07, 6.45) is 1.77. The molecule has 16 heavy (non-hydrogen) atoms. The Labute approximate surface area is 98.2 Å². The third-order valence-electron chi connectivity index (χ3n) is 2.54. The molecule has 0 atom stereocenters. The Morgan fingerprint density at radius 3 is 2.62 bits per heavy atom. The molecule has 0 fully saturated rings. The van der Waals surface area contributed by atoms with E-state index in [4.69, 9.17) is 4.42 Å². The van der Waals surface area contributed by atoms with Crippen LogP contribution in [0.3, 0.4) is 0 Å². The van der Waals surface area contributed by atoms with E-state index in [-0.39, 0.29) is 0 Å². The van der Waals surface area contributed by atoms with Crippen LogP contribution in [0.5, 0.6) is 0 Å². The summed E-state index contributed by atoms with van der Waals surface area (Å²) in [6.45, 7) is 3.89. The van der Waals surface area contributed by atoms with E-state index in [2.05, 4.69) is 42.3 Å². The van der Waals surface area contributed by atoms with Crippen LogP contribution in [-0.4, -0.2) is 51.1 Å². The van der Waals surface area contributed by atoms with E-state index in [1.54, 1.807) is 6.26 Å². The van der Waals surface area contributed by atoms with Gasteiger partial charge in [-0.15, -0.1) is 0 Å². The van der Waals surface area contributed by atoms with Gasteiger partial charge in [0.05, 0.1) is 12.8 Å². The second-order valence-electron chi connectivity index (χ2n) is 4.44. The Hall–Kier alpha value is -0.840. The van der Waals surface area contributed by atoms with Crippen molar-refractivity contribution < 1.29 is 4.42 Å². The molecule has 0 aromatic carbocycles. The van der Waals surface area contributed by atoms with Crippen LogP contribution < -0.4 is 5.32 Å². The van der Waals surface area contributed by atoms with E-state index >= 15 is 0 Å². The number of furan rings is 1. The standard InChI is InChI=1S/C12H23N3O/c1-13-9-12-11(5-8-16-12)10-15(4)7-6-14(2)3/h5,8,13H,6-7,9-10H2,1-4H3. The fraction of sp³-hybridized carbons (Fsp3) is 0.667. The van der Waals surface area contributed by atoms with Gasteiger partial charge in [-0.3, -0.25) is 0 Å². The Morgan fingerprint density at radius 2 is 2.00 bits per heavy atom. The molecule has 1 aromatic heterocycles. The highest BCUT2D eigenvalue weighted by Gasteiger charge is 2.08. The lowest BCUT2D eigenvalue weighted by molar-refractivity contribution is 0.274. The number of hydrogen-bond donors (Lipinski definition) is 1. The summed E-state index contributed by atoms with van der Waals surface area (Å²) in [5.41, 5.74) is 1.27. The highest BCUT2D eigenvalue weighted by Crippen LogP contribution is 2.12. The molecule has 4 heteroatoms. The van der Waals surface area contributed by atoms with Gasteiger partial charge in [-0.05, 0) is 34.3 Å². The number of rotatable bonds is 7. The van der Waals surface area contributed by atoms with Crippen molar-refractivity contribution in [1.82, 2.24) is 15.1 Å². The molecule has 1 rings (SSSR count). The normalized spacial score (nSPS) is 11.6. The van der Waals surface area contributed by atoms with Gasteiger partial charge in [0.1, 0.15) is 5.76 Å². The quantitative estimate of drug-likeness (QED) is 0.750. The van der Waals surface area contributed by atoms with E-state index < -0.39 is 0 Å². The second-order valence-corrected chi connectivity index (χ2v) is 4.44. The van der Waals surface area contributed by atoms with Crippen LogP contribution >= 0.6 is 0 Å². The van der Waals surface area contributed by atoms with Crippen molar-refractivity contribution in [2.24, 2.45) is 0 Å². The van der Waals surface area contributed by atoms with Gasteiger partial charge in [0.15, 0.2) is 0 Å². The van der Waals surface area contributed by atoms with Crippen molar-refractivity contribution in [3.05, 3.63) is 23.7 Å². The van der Waals surface area contributed by atoms with Crippen LogP contribution in [0.25, 0.3) is 0 Å². The van der Waals surface area contributed by atoms with Crippen LogP contribution in [0.15, 0.2) is 16.7 Å². The Balaban J connectivity index is 2.42. The van der Waals surface area contributed by atoms with Gasteiger partial charge >= 0.3 is 0 Å². The molecule has 0 spiro atoms. The van der Waals surface area contributed by atoms with Crippen LogP contribution in [-0.2, 0) is 13.1 Å². The second kappa shape index (κ2) is 6.68. The summed E-state index contributed by atoms with van der Waals surface area (Å²) >= 11 is 0. The molecule has 92 valence electrons. The Kier molecular flexibility index (Phi) is 5.52. The summed E-state index contributed by atoms with van der Waals surface area (Å²) < 4.78 is 5.43. The predicted octanol–water partition coefficient (Wildman–Crippen LogP) is 0.992. The molecule has 0 unspecified atom stereocenters. The van der Waals surface area contributed by atoms with E-state index in [1.807, 2.05) is 7.05 Å². The zero-order valence-electron chi connectivity index (χ0n) is 10.8. The molecule has 0 aliphatic heterocycles. The maximum atomic E-state index is 5.43. The van der Waals surface area contributed by atoms with E-state index in [9.17, 15) is 0 Å².